The van der Waals surface area contributed by atoms with Crippen LogP contribution < -0.4 is 15.0 Å². The van der Waals surface area contributed by atoms with Crippen LogP contribution in [-0.4, -0.2) is 56.2 Å². The molecule has 0 spiro atoms. The Hall–Kier alpha value is -1.59. The van der Waals surface area contributed by atoms with Gasteiger partial charge in [0, 0.05) is 31.4 Å². The lowest BCUT2D eigenvalue weighted by molar-refractivity contribution is -0.118. The fraction of sp³-hybridized carbons (Fsp3) is 0.611. The monoisotopic (exact) mass is 317 g/mol. The minimum Gasteiger partial charge on any atom is -0.494 e. The highest BCUT2D eigenvalue weighted by Gasteiger charge is 2.20. The second-order valence-corrected chi connectivity index (χ2v) is 6.45. The van der Waals surface area contributed by atoms with Crippen LogP contribution in [0.15, 0.2) is 24.3 Å². The quantitative estimate of drug-likeness (QED) is 0.814. The summed E-state index contributed by atoms with van der Waals surface area (Å²) in [6.45, 7) is 7.40. The number of nitrogens with zero attached hydrogens (tertiary/aromatic N) is 2. The summed E-state index contributed by atoms with van der Waals surface area (Å²) in [7, 11) is 0. The van der Waals surface area contributed by atoms with E-state index < -0.39 is 0 Å². The first-order valence-electron chi connectivity index (χ1n) is 8.72. The maximum Gasteiger partial charge on any atom is 0.240 e. The number of carbonyl (C=O) groups is 1. The third kappa shape index (κ3) is 4.24. The van der Waals surface area contributed by atoms with Crippen molar-refractivity contribution in [1.82, 2.24) is 10.2 Å². The van der Waals surface area contributed by atoms with Gasteiger partial charge in [0.1, 0.15) is 5.75 Å². The first kappa shape index (κ1) is 16.3. The Morgan fingerprint density at radius 1 is 1.26 bits per heavy atom. The van der Waals surface area contributed by atoms with Crippen LogP contribution in [0, 0.1) is 0 Å². The molecule has 2 aliphatic heterocycles. The first-order valence-corrected chi connectivity index (χ1v) is 8.72. The molecule has 1 aromatic rings. The smallest absolute Gasteiger partial charge is 0.240 e. The topological polar surface area (TPSA) is 44.8 Å². The molecule has 2 heterocycles. The molecular weight excluding hydrogens is 290 g/mol. The molecule has 0 radical (unpaired) electrons. The highest BCUT2D eigenvalue weighted by atomic mass is 16.5. The van der Waals surface area contributed by atoms with Crippen molar-refractivity contribution in [3.05, 3.63) is 24.3 Å². The van der Waals surface area contributed by atoms with E-state index in [1.54, 1.807) is 0 Å². The highest BCUT2D eigenvalue weighted by Crippen LogP contribution is 2.21. The van der Waals surface area contributed by atoms with Crippen molar-refractivity contribution >= 4 is 11.6 Å². The molecule has 2 aliphatic rings. The predicted octanol–water partition coefficient (Wildman–Crippen LogP) is 1.88. The molecule has 126 valence electrons. The number of anilines is 1. The number of piperazine rings is 1. The Morgan fingerprint density at radius 3 is 2.78 bits per heavy atom. The molecular formula is C18H27N3O2. The maximum absolute atomic E-state index is 11.9. The minimum atomic E-state index is 0.129. The number of likely N-dealkylation sites (tertiary alicyclic amines) is 1. The number of amides is 1. The third-order valence-corrected chi connectivity index (χ3v) is 4.79. The lowest BCUT2D eigenvalue weighted by atomic mass is 10.2. The van der Waals surface area contributed by atoms with Crippen molar-refractivity contribution in [2.45, 2.75) is 32.2 Å². The average molecular weight is 317 g/mol. The fourth-order valence-corrected chi connectivity index (χ4v) is 3.38. The zero-order valence-corrected chi connectivity index (χ0v) is 14.0. The van der Waals surface area contributed by atoms with Gasteiger partial charge in [-0.3, -0.25) is 4.79 Å². The predicted molar refractivity (Wildman–Crippen MR) is 92.0 cm³/mol. The summed E-state index contributed by atoms with van der Waals surface area (Å²) in [5.41, 5.74) is 0.953. The van der Waals surface area contributed by atoms with Crippen LogP contribution in [0.1, 0.15) is 26.2 Å². The van der Waals surface area contributed by atoms with Crippen LogP contribution >= 0.6 is 0 Å². The SMILES string of the molecule is C[C@@H]1CCCN1CCCOc1ccc(N2CCNCC2=O)cc1. The van der Waals surface area contributed by atoms with E-state index in [2.05, 4.69) is 17.1 Å². The van der Waals surface area contributed by atoms with E-state index in [-0.39, 0.29) is 5.91 Å². The molecule has 5 nitrogen and oxygen atoms in total. The maximum atomic E-state index is 11.9. The normalized spacial score (nSPS) is 22.6. The van der Waals surface area contributed by atoms with Gasteiger partial charge in [-0.25, -0.2) is 0 Å². The summed E-state index contributed by atoms with van der Waals surface area (Å²) >= 11 is 0. The summed E-state index contributed by atoms with van der Waals surface area (Å²) in [6, 6.07) is 8.60. The Bertz CT molecular complexity index is 518. The lowest BCUT2D eigenvalue weighted by Gasteiger charge is -2.27. The number of hydrogen-bond acceptors (Lipinski definition) is 4. The molecule has 0 unspecified atom stereocenters. The number of ether oxygens (including phenoxy) is 1. The van der Waals surface area contributed by atoms with Crippen LogP contribution in [0.5, 0.6) is 5.75 Å². The first-order chi connectivity index (χ1) is 11.2. The van der Waals surface area contributed by atoms with E-state index in [1.165, 1.54) is 19.4 Å². The Morgan fingerprint density at radius 2 is 2.09 bits per heavy atom. The molecule has 1 aromatic carbocycles. The van der Waals surface area contributed by atoms with Crippen molar-refractivity contribution in [3.63, 3.8) is 0 Å². The Labute approximate surface area is 138 Å². The van der Waals surface area contributed by atoms with Gasteiger partial charge in [-0.05, 0) is 57.0 Å². The molecule has 23 heavy (non-hydrogen) atoms. The molecule has 1 amide bonds. The average Bonchev–Trinajstić information content (AvgIpc) is 2.98. The number of carbonyl (C=O) groups excluding carboxylic acids is 1. The summed E-state index contributed by atoms with van der Waals surface area (Å²) in [5.74, 6) is 1.01. The molecule has 1 atom stereocenters. The third-order valence-electron chi connectivity index (χ3n) is 4.79. The van der Waals surface area contributed by atoms with E-state index in [1.807, 2.05) is 29.2 Å². The number of rotatable bonds is 6. The van der Waals surface area contributed by atoms with Crippen molar-refractivity contribution in [3.8, 4) is 5.75 Å². The van der Waals surface area contributed by atoms with Crippen LogP contribution in [-0.2, 0) is 4.79 Å². The highest BCUT2D eigenvalue weighted by molar-refractivity contribution is 5.95. The minimum absolute atomic E-state index is 0.129. The lowest BCUT2D eigenvalue weighted by Crippen LogP contribution is -2.48. The number of nitrogens with one attached hydrogen (secondary N) is 1. The largest absolute Gasteiger partial charge is 0.494 e. The van der Waals surface area contributed by atoms with Crippen molar-refractivity contribution in [2.75, 3.05) is 44.2 Å². The van der Waals surface area contributed by atoms with Gasteiger partial charge in [0.25, 0.3) is 0 Å². The molecule has 0 aromatic heterocycles. The summed E-state index contributed by atoms with van der Waals surface area (Å²) in [6.07, 6.45) is 3.71. The van der Waals surface area contributed by atoms with Gasteiger partial charge < -0.3 is 19.9 Å². The van der Waals surface area contributed by atoms with Crippen LogP contribution in [0.4, 0.5) is 5.69 Å². The zero-order chi connectivity index (χ0) is 16.1. The van der Waals surface area contributed by atoms with E-state index in [4.69, 9.17) is 4.74 Å². The molecule has 2 fully saturated rings. The summed E-state index contributed by atoms with van der Waals surface area (Å²) in [4.78, 5) is 16.2. The van der Waals surface area contributed by atoms with Gasteiger partial charge >= 0.3 is 0 Å². The van der Waals surface area contributed by atoms with Crippen LogP contribution in [0.25, 0.3) is 0 Å². The molecule has 0 bridgehead atoms. The summed E-state index contributed by atoms with van der Waals surface area (Å²) < 4.78 is 5.83. The second-order valence-electron chi connectivity index (χ2n) is 6.45. The van der Waals surface area contributed by atoms with E-state index in [0.717, 1.165) is 50.1 Å². The van der Waals surface area contributed by atoms with Crippen LogP contribution in [0.3, 0.4) is 0 Å². The van der Waals surface area contributed by atoms with Crippen molar-refractivity contribution in [1.29, 1.82) is 0 Å². The van der Waals surface area contributed by atoms with Gasteiger partial charge in [0.2, 0.25) is 5.91 Å². The zero-order valence-electron chi connectivity index (χ0n) is 14.0. The van der Waals surface area contributed by atoms with Crippen LogP contribution in [0.2, 0.25) is 0 Å². The second kappa shape index (κ2) is 7.79. The van der Waals surface area contributed by atoms with Crippen molar-refractivity contribution in [2.24, 2.45) is 0 Å². The fourth-order valence-electron chi connectivity index (χ4n) is 3.38. The molecule has 0 aliphatic carbocycles. The molecule has 5 heteroatoms. The Balaban J connectivity index is 1.43. The van der Waals surface area contributed by atoms with Gasteiger partial charge in [0.05, 0.1) is 13.2 Å². The van der Waals surface area contributed by atoms with Gasteiger partial charge in [-0.1, -0.05) is 0 Å². The van der Waals surface area contributed by atoms with Gasteiger partial charge in [-0.2, -0.15) is 0 Å². The van der Waals surface area contributed by atoms with E-state index >= 15 is 0 Å². The van der Waals surface area contributed by atoms with E-state index in [9.17, 15) is 4.79 Å². The molecule has 1 N–H and O–H groups in total. The number of benzene rings is 1. The van der Waals surface area contributed by atoms with Crippen molar-refractivity contribution < 1.29 is 9.53 Å². The number of hydrogen-bond donors (Lipinski definition) is 1. The van der Waals surface area contributed by atoms with E-state index in [0.29, 0.717) is 6.54 Å². The van der Waals surface area contributed by atoms with Gasteiger partial charge in [-0.15, -0.1) is 0 Å². The summed E-state index contributed by atoms with van der Waals surface area (Å²) in [5, 5.41) is 3.09. The molecule has 3 rings (SSSR count). The molecule has 0 saturated carbocycles. The van der Waals surface area contributed by atoms with Gasteiger partial charge in [0.15, 0.2) is 0 Å². The Kier molecular flexibility index (Phi) is 5.51. The standard InChI is InChI=1S/C18H27N3O2/c1-15-4-2-10-20(15)11-3-13-23-17-7-5-16(6-8-17)21-12-9-19-14-18(21)22/h5-8,15,19H,2-4,9-14H2,1H3/t15-/m1/s1. The molecule has 2 saturated heterocycles.